The zero-order chi connectivity index (χ0) is 10.7. The predicted molar refractivity (Wildman–Crippen MR) is 75.5 cm³/mol. The summed E-state index contributed by atoms with van der Waals surface area (Å²) in [6.07, 6.45) is 2.43. The van der Waals surface area contributed by atoms with E-state index in [1.807, 2.05) is 0 Å². The Morgan fingerprint density at radius 3 is 2.50 bits per heavy atom. The molecule has 0 spiro atoms. The van der Waals surface area contributed by atoms with E-state index >= 15 is 0 Å². The summed E-state index contributed by atoms with van der Waals surface area (Å²) in [4.78, 5) is 0.467. The Labute approximate surface area is 115 Å². The summed E-state index contributed by atoms with van der Waals surface area (Å²) in [5, 5.41) is 0. The fourth-order valence-electron chi connectivity index (χ4n) is 1.21. The first-order valence-electron chi connectivity index (χ1n) is 4.63. The van der Waals surface area contributed by atoms with Crippen molar-refractivity contribution in [3.8, 4) is 0 Å². The molecule has 1 rings (SSSR count). The zero-order valence-corrected chi connectivity index (χ0v) is 13.8. The zero-order valence-electron chi connectivity index (χ0n) is 8.19. The van der Waals surface area contributed by atoms with Gasteiger partial charge in [-0.2, -0.15) is 0 Å². The predicted octanol–water partition coefficient (Wildman–Crippen LogP) is 6.15. The maximum absolute atomic E-state index is 3.75. The lowest BCUT2D eigenvalue weighted by Crippen LogP contribution is -1.97. The van der Waals surface area contributed by atoms with Crippen molar-refractivity contribution in [1.82, 2.24) is 0 Å². The molecule has 2 atom stereocenters. The van der Waals surface area contributed by atoms with E-state index in [-0.39, 0.29) is 0 Å². The molecule has 1 heterocycles. The first-order valence-corrected chi connectivity index (χ1v) is 7.95. The van der Waals surface area contributed by atoms with Crippen molar-refractivity contribution < 1.29 is 0 Å². The van der Waals surface area contributed by atoms with Crippen LogP contribution >= 0.6 is 59.1 Å². The summed E-state index contributed by atoms with van der Waals surface area (Å²) in [5.74, 6) is 0.768. The number of alkyl halides is 1. The molecule has 0 nitrogen and oxygen atoms in total. The van der Waals surface area contributed by atoms with Crippen LogP contribution < -0.4 is 0 Å². The van der Waals surface area contributed by atoms with E-state index in [1.54, 1.807) is 11.3 Å². The van der Waals surface area contributed by atoms with Crippen molar-refractivity contribution in [3.63, 3.8) is 0 Å². The third-order valence-corrected chi connectivity index (χ3v) is 5.58. The fraction of sp³-hybridized carbons (Fsp3) is 0.600. The number of thiophene rings is 1. The van der Waals surface area contributed by atoms with Crippen LogP contribution in [0.4, 0.5) is 0 Å². The molecule has 0 aliphatic rings. The third-order valence-electron chi connectivity index (χ3n) is 2.33. The highest BCUT2D eigenvalue weighted by Crippen LogP contribution is 2.41. The molecule has 14 heavy (non-hydrogen) atoms. The lowest BCUT2D eigenvalue weighted by molar-refractivity contribution is 0.514. The van der Waals surface area contributed by atoms with E-state index in [2.05, 4.69) is 67.7 Å². The van der Waals surface area contributed by atoms with Crippen LogP contribution in [-0.2, 0) is 0 Å². The van der Waals surface area contributed by atoms with Gasteiger partial charge in [-0.15, -0.1) is 11.3 Å². The highest BCUT2D eigenvalue weighted by atomic mass is 79.9. The average molecular weight is 405 g/mol. The van der Waals surface area contributed by atoms with Crippen molar-refractivity contribution in [2.45, 2.75) is 31.5 Å². The Hall–Kier alpha value is 1.14. The van der Waals surface area contributed by atoms with Crippen LogP contribution in [-0.4, -0.2) is 0 Å². The summed E-state index contributed by atoms with van der Waals surface area (Å²) in [6, 6.07) is 2.19. The van der Waals surface area contributed by atoms with Gasteiger partial charge in [-0.25, -0.2) is 0 Å². The molecule has 0 fully saturated rings. The number of halogens is 3. The van der Waals surface area contributed by atoms with Gasteiger partial charge in [0.15, 0.2) is 0 Å². The molecule has 4 heteroatoms. The fourth-order valence-corrected chi connectivity index (χ4v) is 5.65. The largest absolute Gasteiger partial charge is 0.121 e. The molecular weight excluding hydrogens is 392 g/mol. The Bertz CT molecular complexity index is 296. The quantitative estimate of drug-likeness (QED) is 0.528. The topological polar surface area (TPSA) is 0 Å². The standard InChI is InChI=1S/C10H13Br3S/c1-3-6(2)4-8(11)7-5-9(12)14-10(7)13/h5-6,8H,3-4H2,1-2H3. The van der Waals surface area contributed by atoms with Crippen LogP contribution in [0.1, 0.15) is 37.1 Å². The molecule has 80 valence electrons. The summed E-state index contributed by atoms with van der Waals surface area (Å²) in [7, 11) is 0. The van der Waals surface area contributed by atoms with Gasteiger partial charge in [-0.1, -0.05) is 36.2 Å². The van der Waals surface area contributed by atoms with Gasteiger partial charge in [0.1, 0.15) is 0 Å². The SMILES string of the molecule is CCC(C)CC(Br)c1cc(Br)sc1Br. The van der Waals surface area contributed by atoms with Gasteiger partial charge in [0.05, 0.1) is 7.57 Å². The molecule has 0 radical (unpaired) electrons. The molecule has 0 aliphatic heterocycles. The van der Waals surface area contributed by atoms with Crippen LogP contribution in [0.25, 0.3) is 0 Å². The van der Waals surface area contributed by atoms with E-state index in [0.717, 1.165) is 5.92 Å². The summed E-state index contributed by atoms with van der Waals surface area (Å²) in [6.45, 7) is 4.53. The number of hydrogen-bond acceptors (Lipinski definition) is 1. The Morgan fingerprint density at radius 1 is 1.43 bits per heavy atom. The van der Waals surface area contributed by atoms with E-state index in [4.69, 9.17) is 0 Å². The Kier molecular flexibility index (Phi) is 5.68. The van der Waals surface area contributed by atoms with E-state index < -0.39 is 0 Å². The van der Waals surface area contributed by atoms with Gasteiger partial charge in [0.25, 0.3) is 0 Å². The van der Waals surface area contributed by atoms with Gasteiger partial charge in [-0.3, -0.25) is 0 Å². The minimum Gasteiger partial charge on any atom is -0.121 e. The van der Waals surface area contributed by atoms with Gasteiger partial charge in [0.2, 0.25) is 0 Å². The summed E-state index contributed by atoms with van der Waals surface area (Å²) >= 11 is 12.6. The molecule has 0 saturated heterocycles. The highest BCUT2D eigenvalue weighted by Gasteiger charge is 2.16. The maximum Gasteiger partial charge on any atom is 0.0753 e. The van der Waals surface area contributed by atoms with E-state index in [9.17, 15) is 0 Å². The lowest BCUT2D eigenvalue weighted by Gasteiger charge is -2.13. The van der Waals surface area contributed by atoms with Crippen LogP contribution in [0.3, 0.4) is 0 Å². The molecule has 0 aliphatic carbocycles. The molecule has 0 amide bonds. The smallest absolute Gasteiger partial charge is 0.0753 e. The number of rotatable bonds is 4. The van der Waals surface area contributed by atoms with Crippen LogP contribution in [0.2, 0.25) is 0 Å². The minimum atomic E-state index is 0.467. The molecule has 0 aromatic carbocycles. The summed E-state index contributed by atoms with van der Waals surface area (Å²) in [5.41, 5.74) is 1.36. The molecule has 2 unspecified atom stereocenters. The first-order chi connectivity index (χ1) is 6.54. The second-order valence-electron chi connectivity index (χ2n) is 3.50. The lowest BCUT2D eigenvalue weighted by atomic mass is 10.0. The van der Waals surface area contributed by atoms with E-state index in [1.165, 1.54) is 26.0 Å². The molecule has 1 aromatic rings. The van der Waals surface area contributed by atoms with Gasteiger partial charge in [-0.05, 0) is 55.8 Å². The van der Waals surface area contributed by atoms with Gasteiger partial charge in [0, 0.05) is 4.83 Å². The molecule has 0 bridgehead atoms. The van der Waals surface area contributed by atoms with Gasteiger partial charge >= 0.3 is 0 Å². The highest BCUT2D eigenvalue weighted by molar-refractivity contribution is 9.12. The third kappa shape index (κ3) is 3.62. The van der Waals surface area contributed by atoms with Gasteiger partial charge < -0.3 is 0 Å². The summed E-state index contributed by atoms with van der Waals surface area (Å²) < 4.78 is 2.42. The molecule has 0 N–H and O–H groups in total. The average Bonchev–Trinajstić information content (AvgIpc) is 2.45. The van der Waals surface area contributed by atoms with Crippen molar-refractivity contribution in [2.24, 2.45) is 5.92 Å². The maximum atomic E-state index is 3.75. The molecular formula is C10H13Br3S. The van der Waals surface area contributed by atoms with Crippen molar-refractivity contribution in [3.05, 3.63) is 19.2 Å². The monoisotopic (exact) mass is 402 g/mol. The molecule has 1 aromatic heterocycles. The second kappa shape index (κ2) is 6.02. The van der Waals surface area contributed by atoms with Crippen LogP contribution in [0.15, 0.2) is 13.6 Å². The van der Waals surface area contributed by atoms with E-state index in [0.29, 0.717) is 4.83 Å². The Morgan fingerprint density at radius 2 is 2.07 bits per heavy atom. The van der Waals surface area contributed by atoms with Crippen molar-refractivity contribution in [2.75, 3.05) is 0 Å². The minimum absolute atomic E-state index is 0.467. The Balaban J connectivity index is 2.69. The number of hydrogen-bond donors (Lipinski definition) is 0. The van der Waals surface area contributed by atoms with Crippen molar-refractivity contribution >= 4 is 59.1 Å². The van der Waals surface area contributed by atoms with Crippen LogP contribution in [0.5, 0.6) is 0 Å². The first kappa shape index (κ1) is 13.2. The second-order valence-corrected chi connectivity index (χ2v) is 8.35. The van der Waals surface area contributed by atoms with Crippen LogP contribution in [0, 0.1) is 5.92 Å². The normalized spacial score (nSPS) is 15.5. The van der Waals surface area contributed by atoms with Crippen molar-refractivity contribution in [1.29, 1.82) is 0 Å². The molecule has 0 saturated carbocycles.